The van der Waals surface area contributed by atoms with Crippen LogP contribution in [0.3, 0.4) is 0 Å². The van der Waals surface area contributed by atoms with Crippen molar-refractivity contribution in [2.75, 3.05) is 25.0 Å². The van der Waals surface area contributed by atoms with Gasteiger partial charge in [0.2, 0.25) is 5.91 Å². The van der Waals surface area contributed by atoms with Gasteiger partial charge in [0.15, 0.2) is 0 Å². The summed E-state index contributed by atoms with van der Waals surface area (Å²) in [5.74, 6) is -0.330. The molecule has 0 radical (unpaired) electrons. The number of hydrogen-bond acceptors (Lipinski definition) is 3. The minimum absolute atomic E-state index is 0.0354. The molecule has 1 aromatic rings. The van der Waals surface area contributed by atoms with Crippen molar-refractivity contribution in [3.8, 4) is 0 Å². The number of rotatable bonds is 5. The second-order valence-electron chi connectivity index (χ2n) is 5.59. The number of carbonyl (C=O) groups is 2. The number of fused-ring (bicyclic) bond motifs is 1. The lowest BCUT2D eigenvalue weighted by atomic mass is 10.1. The highest BCUT2D eigenvalue weighted by Crippen LogP contribution is 2.23. The quantitative estimate of drug-likeness (QED) is 0.849. The second-order valence-corrected chi connectivity index (χ2v) is 5.59. The fraction of sp³-hybridized carbons (Fsp3) is 0.467. The molecule has 5 nitrogen and oxygen atoms in total. The summed E-state index contributed by atoms with van der Waals surface area (Å²) < 4.78 is 0. The van der Waals surface area contributed by atoms with Crippen LogP contribution in [0.5, 0.6) is 0 Å². The molecule has 1 aliphatic rings. The molecule has 5 heteroatoms. The summed E-state index contributed by atoms with van der Waals surface area (Å²) in [6.07, 6.45) is 0.927. The molecule has 0 spiro atoms. The van der Waals surface area contributed by atoms with Gasteiger partial charge in [-0.15, -0.1) is 0 Å². The number of anilines is 1. The minimum atomic E-state index is -0.484. The van der Waals surface area contributed by atoms with Crippen molar-refractivity contribution in [2.24, 2.45) is 11.7 Å². The Bertz CT molecular complexity index is 526. The average Bonchev–Trinajstić information content (AvgIpc) is 2.83. The summed E-state index contributed by atoms with van der Waals surface area (Å²) in [6.45, 7) is 5.41. The number of amides is 2. The van der Waals surface area contributed by atoms with Crippen LogP contribution in [-0.4, -0.2) is 36.3 Å². The fourth-order valence-corrected chi connectivity index (χ4v) is 2.47. The van der Waals surface area contributed by atoms with Crippen LogP contribution in [-0.2, 0) is 11.2 Å². The monoisotopic (exact) mass is 275 g/mol. The molecule has 0 aliphatic carbocycles. The Morgan fingerprint density at radius 1 is 1.40 bits per heavy atom. The second kappa shape index (κ2) is 5.94. The number of nitrogens with zero attached hydrogens (tertiary/aromatic N) is 1. The van der Waals surface area contributed by atoms with Gasteiger partial charge in [-0.05, 0) is 36.1 Å². The number of hydrogen-bond donors (Lipinski definition) is 2. The first-order valence-corrected chi connectivity index (χ1v) is 6.91. The lowest BCUT2D eigenvalue weighted by Crippen LogP contribution is -2.40. The summed E-state index contributed by atoms with van der Waals surface area (Å²) in [5, 5.41) is 3.26. The first kappa shape index (κ1) is 14.4. The van der Waals surface area contributed by atoms with Gasteiger partial charge in [0.25, 0.3) is 5.91 Å². The first-order valence-electron chi connectivity index (χ1n) is 6.91. The Labute approximate surface area is 119 Å². The fourth-order valence-electron chi connectivity index (χ4n) is 2.47. The van der Waals surface area contributed by atoms with E-state index < -0.39 is 5.91 Å². The maximum absolute atomic E-state index is 12.5. The zero-order chi connectivity index (χ0) is 14.7. The van der Waals surface area contributed by atoms with Gasteiger partial charge in [0, 0.05) is 24.3 Å². The summed E-state index contributed by atoms with van der Waals surface area (Å²) in [5.41, 5.74) is 8.09. The number of carbonyl (C=O) groups excluding carboxylic acids is 2. The van der Waals surface area contributed by atoms with Gasteiger partial charge >= 0.3 is 0 Å². The van der Waals surface area contributed by atoms with Crippen molar-refractivity contribution in [1.29, 1.82) is 0 Å². The van der Waals surface area contributed by atoms with Crippen molar-refractivity contribution >= 4 is 17.5 Å². The lowest BCUT2D eigenvalue weighted by Gasteiger charge is -2.23. The summed E-state index contributed by atoms with van der Waals surface area (Å²) in [7, 11) is 0. The highest BCUT2D eigenvalue weighted by atomic mass is 16.2. The van der Waals surface area contributed by atoms with Crippen molar-refractivity contribution in [1.82, 2.24) is 4.90 Å². The van der Waals surface area contributed by atoms with Crippen molar-refractivity contribution in [3.05, 3.63) is 29.3 Å². The molecule has 0 saturated heterocycles. The standard InChI is InChI=1S/C15H21N3O2/c1-10(2)8-18(9-14(16)19)15(20)12-3-4-13-11(7-12)5-6-17-13/h3-4,7,10,17H,5-6,8-9H2,1-2H3,(H2,16,19). The number of nitrogens with two attached hydrogens (primary N) is 1. The van der Waals surface area contributed by atoms with E-state index in [1.807, 2.05) is 26.0 Å². The highest BCUT2D eigenvalue weighted by Gasteiger charge is 2.20. The molecule has 1 aromatic carbocycles. The van der Waals surface area contributed by atoms with Crippen LogP contribution in [0, 0.1) is 5.92 Å². The van der Waals surface area contributed by atoms with E-state index in [9.17, 15) is 9.59 Å². The van der Waals surface area contributed by atoms with Crippen LogP contribution in [0.25, 0.3) is 0 Å². The van der Waals surface area contributed by atoms with Crippen LogP contribution < -0.4 is 11.1 Å². The maximum atomic E-state index is 12.5. The van der Waals surface area contributed by atoms with Crippen LogP contribution >= 0.6 is 0 Å². The maximum Gasteiger partial charge on any atom is 0.254 e. The van der Waals surface area contributed by atoms with E-state index in [1.165, 1.54) is 4.90 Å². The summed E-state index contributed by atoms with van der Waals surface area (Å²) in [6, 6.07) is 5.63. The molecule has 2 amide bonds. The first-order chi connectivity index (χ1) is 9.47. The highest BCUT2D eigenvalue weighted by molar-refractivity contribution is 5.97. The minimum Gasteiger partial charge on any atom is -0.384 e. The molecule has 20 heavy (non-hydrogen) atoms. The summed E-state index contributed by atoms with van der Waals surface area (Å²) >= 11 is 0. The Hall–Kier alpha value is -2.04. The number of nitrogens with one attached hydrogen (secondary N) is 1. The molecular formula is C15H21N3O2. The number of benzene rings is 1. The molecule has 0 bridgehead atoms. The molecule has 0 aromatic heterocycles. The molecule has 0 atom stereocenters. The summed E-state index contributed by atoms with van der Waals surface area (Å²) in [4.78, 5) is 25.2. The Kier molecular flexibility index (Phi) is 4.27. The van der Waals surface area contributed by atoms with E-state index in [1.54, 1.807) is 6.07 Å². The molecule has 2 rings (SSSR count). The van der Waals surface area contributed by atoms with E-state index in [0.717, 1.165) is 24.2 Å². The van der Waals surface area contributed by atoms with Gasteiger partial charge in [-0.25, -0.2) is 0 Å². The molecular weight excluding hydrogens is 254 g/mol. The van der Waals surface area contributed by atoms with Gasteiger partial charge in [-0.3, -0.25) is 9.59 Å². The molecule has 1 aliphatic heterocycles. The normalized spacial score (nSPS) is 12.9. The van der Waals surface area contributed by atoms with Crippen LogP contribution in [0.2, 0.25) is 0 Å². The predicted octanol–water partition coefficient (Wildman–Crippen LogP) is 1.24. The van der Waals surface area contributed by atoms with Crippen LogP contribution in [0.15, 0.2) is 18.2 Å². The molecule has 0 unspecified atom stereocenters. The van der Waals surface area contributed by atoms with E-state index >= 15 is 0 Å². The third-order valence-corrected chi connectivity index (χ3v) is 3.28. The van der Waals surface area contributed by atoms with Gasteiger partial charge in [-0.2, -0.15) is 0 Å². The molecule has 1 heterocycles. The topological polar surface area (TPSA) is 75.4 Å². The zero-order valence-corrected chi connectivity index (χ0v) is 12.0. The van der Waals surface area contributed by atoms with Crippen molar-refractivity contribution in [3.63, 3.8) is 0 Å². The smallest absolute Gasteiger partial charge is 0.254 e. The molecule has 108 valence electrons. The van der Waals surface area contributed by atoms with Gasteiger partial charge in [-0.1, -0.05) is 13.8 Å². The number of primary amides is 1. The van der Waals surface area contributed by atoms with E-state index in [-0.39, 0.29) is 18.4 Å². The molecule has 3 N–H and O–H groups in total. The Balaban J connectivity index is 2.20. The van der Waals surface area contributed by atoms with Crippen molar-refractivity contribution in [2.45, 2.75) is 20.3 Å². The van der Waals surface area contributed by atoms with Crippen molar-refractivity contribution < 1.29 is 9.59 Å². The van der Waals surface area contributed by atoms with Gasteiger partial charge < -0.3 is 16.0 Å². The largest absolute Gasteiger partial charge is 0.384 e. The van der Waals surface area contributed by atoms with Gasteiger partial charge in [0.05, 0.1) is 6.54 Å². The van der Waals surface area contributed by atoms with Gasteiger partial charge in [0.1, 0.15) is 0 Å². The van der Waals surface area contributed by atoms with Crippen LogP contribution in [0.4, 0.5) is 5.69 Å². The SMILES string of the molecule is CC(C)CN(CC(N)=O)C(=O)c1ccc2c(c1)CCN2. The lowest BCUT2D eigenvalue weighted by molar-refractivity contribution is -0.118. The third-order valence-electron chi connectivity index (χ3n) is 3.28. The molecule has 0 saturated carbocycles. The molecule has 0 fully saturated rings. The van der Waals surface area contributed by atoms with E-state index in [0.29, 0.717) is 12.1 Å². The third kappa shape index (κ3) is 3.29. The average molecular weight is 275 g/mol. The van der Waals surface area contributed by atoms with E-state index in [4.69, 9.17) is 5.73 Å². The zero-order valence-electron chi connectivity index (χ0n) is 12.0. The van der Waals surface area contributed by atoms with E-state index in [2.05, 4.69) is 5.32 Å². The Morgan fingerprint density at radius 3 is 2.80 bits per heavy atom. The predicted molar refractivity (Wildman–Crippen MR) is 78.6 cm³/mol. The van der Waals surface area contributed by atoms with Crippen LogP contribution in [0.1, 0.15) is 29.8 Å². The Morgan fingerprint density at radius 2 is 2.15 bits per heavy atom.